The van der Waals surface area contributed by atoms with Crippen LogP contribution in [0.3, 0.4) is 0 Å². The molecule has 11 rings (SSSR count). The molecule has 1 unspecified atom stereocenters. The number of para-hydroxylation sites is 2. The van der Waals surface area contributed by atoms with Gasteiger partial charge in [-0.2, -0.15) is 0 Å². The molecule has 2 nitrogen and oxygen atoms in total. The van der Waals surface area contributed by atoms with Crippen molar-refractivity contribution in [2.45, 2.75) is 31.6 Å². The molecule has 2 aromatic heterocycles. The van der Waals surface area contributed by atoms with E-state index in [1.165, 1.54) is 50.1 Å². The Balaban J connectivity index is 1.06. The van der Waals surface area contributed by atoms with Gasteiger partial charge in [0.15, 0.2) is 0 Å². The van der Waals surface area contributed by atoms with E-state index in [0.717, 1.165) is 61.6 Å². The normalized spacial score (nSPS) is 15.4. The minimum atomic E-state index is -0.0358. The van der Waals surface area contributed by atoms with E-state index in [2.05, 4.69) is 166 Å². The predicted molar refractivity (Wildman–Crippen MR) is 215 cm³/mol. The Hall–Kier alpha value is -6.25. The molecule has 0 aliphatic heterocycles. The summed E-state index contributed by atoms with van der Waals surface area (Å²) in [7, 11) is 0. The molecule has 7 aromatic carbocycles. The highest BCUT2D eigenvalue weighted by molar-refractivity contribution is 6.08. The van der Waals surface area contributed by atoms with Crippen LogP contribution in [-0.2, 0) is 11.8 Å². The molecule has 9 aromatic rings. The number of pyridine rings is 1. The van der Waals surface area contributed by atoms with Gasteiger partial charge in [-0.1, -0.05) is 141 Å². The van der Waals surface area contributed by atoms with Crippen LogP contribution in [0.25, 0.3) is 77.5 Å². The molecular weight excluding hydrogens is 631 g/mol. The molecule has 2 heterocycles. The minimum absolute atomic E-state index is 0.0358. The topological polar surface area (TPSA) is 26.0 Å². The van der Waals surface area contributed by atoms with Crippen LogP contribution in [0.2, 0.25) is 0 Å². The van der Waals surface area contributed by atoms with E-state index in [9.17, 15) is 0 Å². The van der Waals surface area contributed by atoms with Crippen LogP contribution in [0.5, 0.6) is 0 Å². The number of aromatic nitrogens is 1. The van der Waals surface area contributed by atoms with Crippen molar-refractivity contribution in [1.82, 2.24) is 4.98 Å². The fraction of sp³-hybridized carbons (Fsp3) is 0.100. The van der Waals surface area contributed by atoms with Crippen molar-refractivity contribution in [3.05, 3.63) is 186 Å². The summed E-state index contributed by atoms with van der Waals surface area (Å²) >= 11 is 0. The van der Waals surface area contributed by atoms with Crippen molar-refractivity contribution in [3.63, 3.8) is 0 Å². The van der Waals surface area contributed by atoms with Crippen molar-refractivity contribution in [2.75, 3.05) is 0 Å². The molecular formula is C50H35NO. The molecule has 0 radical (unpaired) electrons. The maximum Gasteiger partial charge on any atom is 0.139 e. The molecule has 0 saturated heterocycles. The first-order valence-electron chi connectivity index (χ1n) is 18.3. The summed E-state index contributed by atoms with van der Waals surface area (Å²) in [6.45, 7) is 4.75. The Bertz CT molecular complexity index is 2910. The molecule has 0 saturated carbocycles. The van der Waals surface area contributed by atoms with E-state index in [0.29, 0.717) is 0 Å². The van der Waals surface area contributed by atoms with Gasteiger partial charge in [-0.05, 0) is 92.4 Å². The molecule has 1 atom stereocenters. The molecule has 246 valence electrons. The highest BCUT2D eigenvalue weighted by atomic mass is 16.3. The summed E-state index contributed by atoms with van der Waals surface area (Å²) in [4.78, 5) is 5.04. The van der Waals surface area contributed by atoms with Gasteiger partial charge in [0.1, 0.15) is 11.2 Å². The summed E-state index contributed by atoms with van der Waals surface area (Å²) in [5.74, 6) is 0.176. The summed E-state index contributed by atoms with van der Waals surface area (Å²) in [5, 5.41) is 3.44. The van der Waals surface area contributed by atoms with Crippen molar-refractivity contribution in [3.8, 4) is 44.6 Å². The van der Waals surface area contributed by atoms with Crippen LogP contribution in [-0.4, -0.2) is 4.98 Å². The van der Waals surface area contributed by atoms with E-state index >= 15 is 0 Å². The first-order valence-corrected chi connectivity index (χ1v) is 18.3. The van der Waals surface area contributed by atoms with Gasteiger partial charge in [-0.3, -0.25) is 0 Å². The van der Waals surface area contributed by atoms with Crippen molar-refractivity contribution >= 4 is 32.8 Å². The fourth-order valence-electron chi connectivity index (χ4n) is 9.30. The zero-order valence-electron chi connectivity index (χ0n) is 29.2. The third-order valence-electron chi connectivity index (χ3n) is 11.9. The molecule has 0 amide bonds. The summed E-state index contributed by atoms with van der Waals surface area (Å²) in [6.07, 6.45) is 0.929. The van der Waals surface area contributed by atoms with Crippen LogP contribution in [0.15, 0.2) is 162 Å². The van der Waals surface area contributed by atoms with E-state index in [1.54, 1.807) is 0 Å². The summed E-state index contributed by atoms with van der Waals surface area (Å²) in [6, 6.07) is 57.5. The minimum Gasteiger partial charge on any atom is -0.456 e. The van der Waals surface area contributed by atoms with Crippen LogP contribution in [0.1, 0.15) is 47.6 Å². The van der Waals surface area contributed by atoms with Crippen molar-refractivity contribution in [1.29, 1.82) is 0 Å². The average molecular weight is 666 g/mol. The average Bonchev–Trinajstić information content (AvgIpc) is 3.68. The molecule has 0 fully saturated rings. The molecule has 0 spiro atoms. The van der Waals surface area contributed by atoms with Gasteiger partial charge in [-0.15, -0.1) is 0 Å². The lowest BCUT2D eigenvalue weighted by Crippen LogP contribution is -2.17. The Kier molecular flexibility index (Phi) is 6.16. The number of hydrogen-bond acceptors (Lipinski definition) is 2. The van der Waals surface area contributed by atoms with Gasteiger partial charge in [0.25, 0.3) is 0 Å². The van der Waals surface area contributed by atoms with E-state index in [-0.39, 0.29) is 11.3 Å². The zero-order valence-corrected chi connectivity index (χ0v) is 29.2. The maximum atomic E-state index is 6.96. The van der Waals surface area contributed by atoms with Gasteiger partial charge in [0.2, 0.25) is 0 Å². The van der Waals surface area contributed by atoms with Crippen LogP contribution in [0, 0.1) is 0 Å². The lowest BCUT2D eigenvalue weighted by Gasteiger charge is -2.30. The number of fused-ring (bicyclic) bond motifs is 10. The lowest BCUT2D eigenvalue weighted by molar-refractivity contribution is 0.650. The maximum absolute atomic E-state index is 6.96. The molecule has 52 heavy (non-hydrogen) atoms. The molecule has 2 aliphatic carbocycles. The Morgan fingerprint density at radius 1 is 0.519 bits per heavy atom. The third-order valence-corrected chi connectivity index (χ3v) is 11.9. The predicted octanol–water partition coefficient (Wildman–Crippen LogP) is 13.1. The first kappa shape index (κ1) is 29.5. The number of hydrogen-bond donors (Lipinski definition) is 0. The second kappa shape index (κ2) is 10.9. The monoisotopic (exact) mass is 665 g/mol. The van der Waals surface area contributed by atoms with Crippen molar-refractivity contribution in [2.24, 2.45) is 0 Å². The zero-order chi connectivity index (χ0) is 34.6. The van der Waals surface area contributed by atoms with Crippen LogP contribution in [0.4, 0.5) is 0 Å². The third kappa shape index (κ3) is 4.21. The number of rotatable bonds is 3. The van der Waals surface area contributed by atoms with Gasteiger partial charge in [0, 0.05) is 38.6 Å². The van der Waals surface area contributed by atoms with Crippen LogP contribution >= 0.6 is 0 Å². The lowest BCUT2D eigenvalue weighted by atomic mass is 9.73. The first-order chi connectivity index (χ1) is 25.5. The van der Waals surface area contributed by atoms with Gasteiger partial charge in [0.05, 0.1) is 11.2 Å². The Morgan fingerprint density at radius 3 is 2.17 bits per heavy atom. The molecule has 2 aliphatic rings. The van der Waals surface area contributed by atoms with Crippen molar-refractivity contribution < 1.29 is 4.42 Å². The number of benzene rings is 7. The Morgan fingerprint density at radius 2 is 1.27 bits per heavy atom. The standard InChI is InChI=1S/C50H35NO/c1-50(2)44-21-10-8-17-35(44)43-28-40-32(26-45(43)50)25-42(34-16-7-6-15-33(34)40)39-20-12-19-38-37-24-23-31(27-48(37)52-49(38)39)41-29-47(30-13-4-3-5-14-30)51-46-22-11-9-18-36(41)46/h3-24,26-29,42H,25H2,1-2H3. The number of furan rings is 1. The Labute approximate surface area is 303 Å². The quantitative estimate of drug-likeness (QED) is 0.188. The van der Waals surface area contributed by atoms with E-state index < -0.39 is 0 Å². The highest BCUT2D eigenvalue weighted by Gasteiger charge is 2.38. The number of nitrogens with zero attached hydrogens (tertiary/aromatic N) is 1. The second-order valence-electron chi connectivity index (χ2n) is 15.0. The highest BCUT2D eigenvalue weighted by Crippen LogP contribution is 2.53. The molecule has 2 heteroatoms. The largest absolute Gasteiger partial charge is 0.456 e. The van der Waals surface area contributed by atoms with E-state index in [1.807, 2.05) is 6.07 Å². The SMILES string of the molecule is CC1(C)c2ccccc2-c2cc3c(cc21)CC(c1cccc2c1oc1cc(-c4cc(-c5ccccc5)nc5ccccc45)ccc12)c1ccccc1-3. The smallest absolute Gasteiger partial charge is 0.139 e. The summed E-state index contributed by atoms with van der Waals surface area (Å²) in [5.41, 5.74) is 19.5. The van der Waals surface area contributed by atoms with Gasteiger partial charge < -0.3 is 4.42 Å². The van der Waals surface area contributed by atoms with Gasteiger partial charge in [-0.25, -0.2) is 4.98 Å². The summed E-state index contributed by atoms with van der Waals surface area (Å²) < 4.78 is 6.96. The van der Waals surface area contributed by atoms with Gasteiger partial charge >= 0.3 is 0 Å². The van der Waals surface area contributed by atoms with E-state index in [4.69, 9.17) is 9.40 Å². The molecule has 0 bridgehead atoms. The van der Waals surface area contributed by atoms with Crippen LogP contribution < -0.4 is 0 Å². The fourth-order valence-corrected chi connectivity index (χ4v) is 9.30. The molecule has 0 N–H and O–H groups in total. The second-order valence-corrected chi connectivity index (χ2v) is 15.0.